The van der Waals surface area contributed by atoms with Crippen LogP contribution < -0.4 is 9.46 Å². The van der Waals surface area contributed by atoms with Crippen molar-refractivity contribution in [3.8, 4) is 5.75 Å². The minimum atomic E-state index is -3.39. The molecule has 2 aromatic carbocycles. The summed E-state index contributed by atoms with van der Waals surface area (Å²) < 4.78 is 32.3. The van der Waals surface area contributed by atoms with E-state index in [9.17, 15) is 8.42 Å². The fraction of sp³-hybridized carbons (Fsp3) is 0.222. The molecule has 0 saturated heterocycles. The van der Waals surface area contributed by atoms with Crippen molar-refractivity contribution in [3.63, 3.8) is 0 Å². The molecule has 0 unspecified atom stereocenters. The summed E-state index contributed by atoms with van der Waals surface area (Å²) in [6.07, 6.45) is 2.49. The lowest BCUT2D eigenvalue weighted by Crippen LogP contribution is -2.27. The average Bonchev–Trinajstić information content (AvgIpc) is 2.99. The number of hydrogen-bond donors (Lipinski definition) is 2. The molecule has 1 heterocycles. The Morgan fingerprint density at radius 1 is 1.16 bits per heavy atom. The summed E-state index contributed by atoms with van der Waals surface area (Å²) in [6.45, 7) is 0.333. The number of aromatic nitrogens is 1. The number of nitrogens with one attached hydrogen (secondary N) is 2. The van der Waals surface area contributed by atoms with Crippen LogP contribution in [0, 0.1) is 0 Å². The van der Waals surface area contributed by atoms with Crippen LogP contribution in [-0.4, -0.2) is 27.1 Å². The molecule has 2 N–H and O–H groups in total. The van der Waals surface area contributed by atoms with Crippen LogP contribution in [0.5, 0.6) is 5.75 Å². The topological polar surface area (TPSA) is 71.2 Å². The summed E-state index contributed by atoms with van der Waals surface area (Å²) in [5.41, 5.74) is 2.75. The highest BCUT2D eigenvalue weighted by Crippen LogP contribution is 2.23. The molecule has 0 radical (unpaired) electrons. The minimum absolute atomic E-state index is 0.0636. The largest absolute Gasteiger partial charge is 0.497 e. The molecule has 0 bridgehead atoms. The Bertz CT molecular complexity index is 966. The van der Waals surface area contributed by atoms with Crippen molar-refractivity contribution in [2.75, 3.05) is 13.7 Å². The molecule has 7 heteroatoms. The summed E-state index contributed by atoms with van der Waals surface area (Å²) in [5, 5.41) is 1.63. The fourth-order valence-electron chi connectivity index (χ4n) is 2.68. The molecular formula is C18H19ClN2O3S. The zero-order chi connectivity index (χ0) is 17.9. The van der Waals surface area contributed by atoms with Gasteiger partial charge in [0, 0.05) is 28.7 Å². The van der Waals surface area contributed by atoms with E-state index >= 15 is 0 Å². The summed E-state index contributed by atoms with van der Waals surface area (Å²) in [5.74, 6) is 0.711. The number of sulfonamides is 1. The van der Waals surface area contributed by atoms with Gasteiger partial charge in [0.15, 0.2) is 0 Å². The second-order valence-electron chi connectivity index (χ2n) is 5.76. The maximum absolute atomic E-state index is 12.2. The van der Waals surface area contributed by atoms with Crippen molar-refractivity contribution in [1.82, 2.24) is 9.71 Å². The molecule has 1 aromatic heterocycles. The van der Waals surface area contributed by atoms with Gasteiger partial charge in [-0.1, -0.05) is 23.7 Å². The minimum Gasteiger partial charge on any atom is -0.497 e. The maximum atomic E-state index is 12.2. The molecular weight excluding hydrogens is 360 g/mol. The first-order chi connectivity index (χ1) is 12.0. The van der Waals surface area contributed by atoms with Crippen LogP contribution >= 0.6 is 11.6 Å². The van der Waals surface area contributed by atoms with E-state index in [1.165, 1.54) is 0 Å². The zero-order valence-corrected chi connectivity index (χ0v) is 15.3. The lowest BCUT2D eigenvalue weighted by Gasteiger charge is -2.07. The first-order valence-corrected chi connectivity index (χ1v) is 9.86. The Labute approximate surface area is 152 Å². The molecule has 5 nitrogen and oxygen atoms in total. The van der Waals surface area contributed by atoms with Crippen LogP contribution in [0.4, 0.5) is 0 Å². The van der Waals surface area contributed by atoms with Gasteiger partial charge in [0.2, 0.25) is 10.0 Å². The Kier molecular flexibility index (Phi) is 5.32. The number of aromatic amines is 1. The lowest BCUT2D eigenvalue weighted by atomic mass is 10.1. The van der Waals surface area contributed by atoms with Crippen LogP contribution in [0.15, 0.2) is 48.7 Å². The van der Waals surface area contributed by atoms with Gasteiger partial charge < -0.3 is 9.72 Å². The molecule has 3 rings (SSSR count). The first-order valence-electron chi connectivity index (χ1n) is 7.82. The average molecular weight is 379 g/mol. The standard InChI is InChI=1S/C18H19ClN2O3S/c1-24-16-6-7-18-17(10-16)14(11-20-18)8-9-21-25(22,23)12-13-2-4-15(19)5-3-13/h2-7,10-11,20-21H,8-9,12H2,1H3. The number of halogens is 1. The quantitative estimate of drug-likeness (QED) is 0.661. The van der Waals surface area contributed by atoms with Gasteiger partial charge in [-0.3, -0.25) is 0 Å². The smallest absolute Gasteiger partial charge is 0.215 e. The van der Waals surface area contributed by atoms with Gasteiger partial charge in [-0.05, 0) is 47.9 Å². The van der Waals surface area contributed by atoms with Gasteiger partial charge in [-0.2, -0.15) is 0 Å². The third-order valence-corrected chi connectivity index (χ3v) is 5.57. The predicted octanol–water partition coefficient (Wildman–Crippen LogP) is 3.49. The predicted molar refractivity (Wildman–Crippen MR) is 101 cm³/mol. The number of H-pyrrole nitrogens is 1. The number of benzene rings is 2. The zero-order valence-electron chi connectivity index (χ0n) is 13.8. The number of ether oxygens (including phenoxy) is 1. The van der Waals surface area contributed by atoms with Gasteiger partial charge in [0.25, 0.3) is 0 Å². The molecule has 25 heavy (non-hydrogen) atoms. The van der Waals surface area contributed by atoms with E-state index < -0.39 is 10.0 Å². The van der Waals surface area contributed by atoms with E-state index in [0.717, 1.165) is 22.2 Å². The van der Waals surface area contributed by atoms with Crippen molar-refractivity contribution in [2.24, 2.45) is 0 Å². The summed E-state index contributed by atoms with van der Waals surface area (Å²) >= 11 is 5.82. The molecule has 0 aliphatic rings. The lowest BCUT2D eigenvalue weighted by molar-refractivity contribution is 0.415. The first kappa shape index (κ1) is 17.8. The number of rotatable bonds is 7. The third-order valence-electron chi connectivity index (χ3n) is 3.96. The highest BCUT2D eigenvalue weighted by Gasteiger charge is 2.12. The van der Waals surface area contributed by atoms with Gasteiger partial charge in [-0.15, -0.1) is 0 Å². The molecule has 0 atom stereocenters. The van der Waals surface area contributed by atoms with E-state index in [1.54, 1.807) is 31.4 Å². The van der Waals surface area contributed by atoms with Crippen molar-refractivity contribution in [3.05, 3.63) is 64.8 Å². The van der Waals surface area contributed by atoms with Crippen LogP contribution in [-0.2, 0) is 22.2 Å². The second kappa shape index (κ2) is 7.47. The summed E-state index contributed by atoms with van der Waals surface area (Å²) in [4.78, 5) is 3.19. The molecule has 0 spiro atoms. The van der Waals surface area contributed by atoms with Gasteiger partial charge >= 0.3 is 0 Å². The summed E-state index contributed by atoms with van der Waals surface area (Å²) in [7, 11) is -1.77. The molecule has 3 aromatic rings. The molecule has 0 amide bonds. The molecule has 0 saturated carbocycles. The normalized spacial score (nSPS) is 11.8. The second-order valence-corrected chi connectivity index (χ2v) is 8.00. The van der Waals surface area contributed by atoms with Crippen molar-refractivity contribution in [2.45, 2.75) is 12.2 Å². The number of methoxy groups -OCH3 is 1. The number of fused-ring (bicyclic) bond motifs is 1. The van der Waals surface area contributed by atoms with E-state index in [1.807, 2.05) is 24.4 Å². The molecule has 0 aliphatic carbocycles. The monoisotopic (exact) mass is 378 g/mol. The number of hydrogen-bond acceptors (Lipinski definition) is 3. The third kappa shape index (κ3) is 4.54. The van der Waals surface area contributed by atoms with Crippen LogP contribution in [0.25, 0.3) is 10.9 Å². The Balaban J connectivity index is 1.63. The van der Waals surface area contributed by atoms with Crippen LogP contribution in [0.1, 0.15) is 11.1 Å². The highest BCUT2D eigenvalue weighted by molar-refractivity contribution is 7.88. The van der Waals surface area contributed by atoms with Crippen LogP contribution in [0.2, 0.25) is 5.02 Å². The molecule has 0 fully saturated rings. The summed E-state index contributed by atoms with van der Waals surface area (Å²) in [6, 6.07) is 12.6. The van der Waals surface area contributed by atoms with E-state index in [0.29, 0.717) is 23.6 Å². The molecule has 132 valence electrons. The van der Waals surface area contributed by atoms with Crippen molar-refractivity contribution < 1.29 is 13.2 Å². The Hall–Kier alpha value is -2.02. The van der Waals surface area contributed by atoms with Gasteiger partial charge in [0.05, 0.1) is 12.9 Å². The van der Waals surface area contributed by atoms with Crippen molar-refractivity contribution >= 4 is 32.5 Å². The maximum Gasteiger partial charge on any atom is 0.215 e. The SMILES string of the molecule is COc1ccc2[nH]cc(CCNS(=O)(=O)Cc3ccc(Cl)cc3)c2c1. The molecule has 0 aliphatic heterocycles. The van der Waals surface area contributed by atoms with E-state index in [2.05, 4.69) is 9.71 Å². The van der Waals surface area contributed by atoms with Gasteiger partial charge in [-0.25, -0.2) is 13.1 Å². The highest BCUT2D eigenvalue weighted by atomic mass is 35.5. The Morgan fingerprint density at radius 3 is 2.64 bits per heavy atom. The Morgan fingerprint density at radius 2 is 1.92 bits per heavy atom. The van der Waals surface area contributed by atoms with E-state index in [4.69, 9.17) is 16.3 Å². The van der Waals surface area contributed by atoms with Crippen LogP contribution in [0.3, 0.4) is 0 Å². The fourth-order valence-corrected chi connectivity index (χ4v) is 3.96. The van der Waals surface area contributed by atoms with E-state index in [-0.39, 0.29) is 5.75 Å². The van der Waals surface area contributed by atoms with Gasteiger partial charge in [0.1, 0.15) is 5.75 Å². The van der Waals surface area contributed by atoms with Crippen molar-refractivity contribution in [1.29, 1.82) is 0 Å².